The predicted octanol–water partition coefficient (Wildman–Crippen LogP) is 6.07. The summed E-state index contributed by atoms with van der Waals surface area (Å²) >= 11 is 0. The minimum Gasteiger partial charge on any atom is -0.255 e. The summed E-state index contributed by atoms with van der Waals surface area (Å²) in [5.41, 5.74) is -1.85. The average Bonchev–Trinajstić information content (AvgIpc) is 3.20. The van der Waals surface area contributed by atoms with Gasteiger partial charge >= 0.3 is 12.1 Å². The van der Waals surface area contributed by atoms with E-state index in [4.69, 9.17) is 0 Å². The van der Waals surface area contributed by atoms with Crippen LogP contribution in [0.4, 0.5) is 40.8 Å². The van der Waals surface area contributed by atoms with Crippen molar-refractivity contribution in [1.82, 2.24) is 9.97 Å². The highest BCUT2D eigenvalue weighted by Gasteiger charge is 2.63. The monoisotopic (exact) mass is 472 g/mol. The molecule has 0 saturated carbocycles. The molecule has 4 nitrogen and oxygen atoms in total. The number of alkyl halides is 5. The Labute approximate surface area is 181 Å². The van der Waals surface area contributed by atoms with Gasteiger partial charge in [0.05, 0.1) is 11.7 Å². The Morgan fingerprint density at radius 2 is 1.55 bits per heavy atom. The maximum atomic E-state index is 14.4. The molecule has 0 aliphatic carbocycles. The van der Waals surface area contributed by atoms with Crippen molar-refractivity contribution in [2.24, 2.45) is 5.10 Å². The molecule has 3 aromatic rings. The number of halogens is 8. The number of aromatic nitrogens is 2. The van der Waals surface area contributed by atoms with Crippen LogP contribution in [0.3, 0.4) is 0 Å². The summed E-state index contributed by atoms with van der Waals surface area (Å²) in [5, 5.41) is 3.98. The molecule has 4 rings (SSSR count). The van der Waals surface area contributed by atoms with Gasteiger partial charge in [0.15, 0.2) is 5.82 Å². The summed E-state index contributed by atoms with van der Waals surface area (Å²) in [7, 11) is 0. The van der Waals surface area contributed by atoms with E-state index in [-0.39, 0.29) is 16.7 Å². The molecule has 2 aromatic carbocycles. The number of hydrogen-bond acceptors (Lipinski definition) is 4. The average molecular weight is 472 g/mol. The molecule has 1 aromatic heterocycles. The molecule has 172 valence electrons. The number of nitrogens with zero attached hydrogens (tertiary/aromatic N) is 4. The third-order valence-electron chi connectivity index (χ3n) is 5.03. The molecular weight excluding hydrogens is 460 g/mol. The van der Waals surface area contributed by atoms with Gasteiger partial charge in [0.25, 0.3) is 0 Å². The van der Waals surface area contributed by atoms with E-state index in [1.165, 1.54) is 24.8 Å². The van der Waals surface area contributed by atoms with Crippen molar-refractivity contribution in [3.05, 3.63) is 78.1 Å². The van der Waals surface area contributed by atoms with E-state index in [1.54, 1.807) is 0 Å². The molecule has 1 aliphatic rings. The van der Waals surface area contributed by atoms with Crippen LogP contribution in [0, 0.1) is 17.5 Å². The van der Waals surface area contributed by atoms with Crippen LogP contribution in [0.5, 0.6) is 0 Å². The Kier molecular flexibility index (Phi) is 5.54. The van der Waals surface area contributed by atoms with Crippen LogP contribution < -0.4 is 5.01 Å². The first-order valence-electron chi connectivity index (χ1n) is 9.30. The smallest absolute Gasteiger partial charge is 0.255 e. The van der Waals surface area contributed by atoms with E-state index in [0.29, 0.717) is 11.1 Å². The molecule has 0 saturated heterocycles. The summed E-state index contributed by atoms with van der Waals surface area (Å²) < 4.78 is 109. The molecule has 33 heavy (non-hydrogen) atoms. The largest absolute Gasteiger partial charge is 0.459 e. The molecule has 1 unspecified atom stereocenters. The first-order chi connectivity index (χ1) is 15.5. The fourth-order valence-corrected chi connectivity index (χ4v) is 3.42. The molecule has 0 bridgehead atoms. The Bertz CT molecular complexity index is 1210. The highest BCUT2D eigenvalue weighted by atomic mass is 19.4. The van der Waals surface area contributed by atoms with Gasteiger partial charge in [0, 0.05) is 36.0 Å². The molecule has 1 aliphatic heterocycles. The molecule has 2 heterocycles. The fraction of sp³-hybridized carbons (Fsp3) is 0.190. The van der Waals surface area contributed by atoms with Gasteiger partial charge in [0.2, 0.25) is 0 Å². The van der Waals surface area contributed by atoms with Gasteiger partial charge in [-0.3, -0.25) is 5.01 Å². The van der Waals surface area contributed by atoms with Crippen molar-refractivity contribution in [3.8, 4) is 11.1 Å². The lowest BCUT2D eigenvalue weighted by Crippen LogP contribution is -2.43. The van der Waals surface area contributed by atoms with Crippen LogP contribution in [0.15, 0.2) is 60.2 Å². The highest BCUT2D eigenvalue weighted by Crippen LogP contribution is 2.45. The van der Waals surface area contributed by atoms with Crippen LogP contribution in [-0.2, 0) is 0 Å². The standard InChI is InChI=1S/C21H12F8N4/c22-13-2-4-17(16(24)6-13)33-18(7-19(32-33)20(25,26)21(27,28)29)11-1-3-15(23)14(5-11)12-8-30-10-31-9-12/h1-6,8-10,18H,7H2. The maximum absolute atomic E-state index is 14.4. The van der Waals surface area contributed by atoms with Gasteiger partial charge in [-0.2, -0.15) is 27.1 Å². The van der Waals surface area contributed by atoms with Crippen LogP contribution in [0.2, 0.25) is 0 Å². The summed E-state index contributed by atoms with van der Waals surface area (Å²) in [6.45, 7) is 0. The van der Waals surface area contributed by atoms with E-state index in [1.807, 2.05) is 0 Å². The SMILES string of the molecule is Fc1ccc(N2N=C(C(F)(F)C(F)(F)F)CC2c2ccc(F)c(-c3cncnc3)c2)c(F)c1. The van der Waals surface area contributed by atoms with E-state index < -0.39 is 53.4 Å². The predicted molar refractivity (Wildman–Crippen MR) is 102 cm³/mol. The van der Waals surface area contributed by atoms with Crippen molar-refractivity contribution in [2.75, 3.05) is 5.01 Å². The molecular formula is C21H12F8N4. The zero-order chi connectivity index (χ0) is 24.0. The molecule has 0 fully saturated rings. The lowest BCUT2D eigenvalue weighted by atomic mass is 9.95. The second-order valence-electron chi connectivity index (χ2n) is 7.15. The van der Waals surface area contributed by atoms with Crippen molar-refractivity contribution >= 4 is 11.4 Å². The van der Waals surface area contributed by atoms with Gasteiger partial charge in [-0.1, -0.05) is 6.07 Å². The summed E-state index contributed by atoms with van der Waals surface area (Å²) in [6.07, 6.45) is -3.13. The van der Waals surface area contributed by atoms with Crippen molar-refractivity contribution < 1.29 is 35.1 Å². The van der Waals surface area contributed by atoms with Crippen LogP contribution >= 0.6 is 0 Å². The summed E-state index contributed by atoms with van der Waals surface area (Å²) in [4.78, 5) is 7.53. The summed E-state index contributed by atoms with van der Waals surface area (Å²) in [5.74, 6) is -8.23. The lowest BCUT2D eigenvalue weighted by molar-refractivity contribution is -0.249. The van der Waals surface area contributed by atoms with E-state index in [9.17, 15) is 35.1 Å². The molecule has 0 amide bonds. The van der Waals surface area contributed by atoms with Crippen LogP contribution in [-0.4, -0.2) is 27.8 Å². The zero-order valence-corrected chi connectivity index (χ0v) is 16.3. The molecule has 1 atom stereocenters. The van der Waals surface area contributed by atoms with Gasteiger partial charge in [0.1, 0.15) is 23.7 Å². The Morgan fingerprint density at radius 1 is 0.848 bits per heavy atom. The van der Waals surface area contributed by atoms with Gasteiger partial charge in [-0.25, -0.2) is 23.1 Å². The second kappa shape index (κ2) is 8.09. The number of hydrazone groups is 1. The Morgan fingerprint density at radius 3 is 2.18 bits per heavy atom. The lowest BCUT2D eigenvalue weighted by Gasteiger charge is -2.25. The third kappa shape index (κ3) is 4.12. The van der Waals surface area contributed by atoms with Gasteiger partial charge in [-0.15, -0.1) is 0 Å². The number of benzene rings is 2. The second-order valence-corrected chi connectivity index (χ2v) is 7.15. The van der Waals surface area contributed by atoms with Crippen molar-refractivity contribution in [1.29, 1.82) is 0 Å². The fourth-order valence-electron chi connectivity index (χ4n) is 3.42. The minimum atomic E-state index is -5.94. The molecule has 0 radical (unpaired) electrons. The Balaban J connectivity index is 1.83. The van der Waals surface area contributed by atoms with Crippen LogP contribution in [0.1, 0.15) is 18.0 Å². The first kappa shape index (κ1) is 22.6. The normalized spacial score (nSPS) is 16.8. The first-order valence-corrected chi connectivity index (χ1v) is 9.30. The number of anilines is 1. The van der Waals surface area contributed by atoms with E-state index in [0.717, 1.165) is 24.3 Å². The topological polar surface area (TPSA) is 41.4 Å². The minimum absolute atomic E-state index is 0.0522. The molecule has 0 spiro atoms. The van der Waals surface area contributed by atoms with E-state index >= 15 is 0 Å². The third-order valence-corrected chi connectivity index (χ3v) is 5.03. The quantitative estimate of drug-likeness (QED) is 0.433. The highest BCUT2D eigenvalue weighted by molar-refractivity contribution is 5.95. The zero-order valence-electron chi connectivity index (χ0n) is 16.3. The van der Waals surface area contributed by atoms with E-state index in [2.05, 4.69) is 15.1 Å². The van der Waals surface area contributed by atoms with Crippen molar-refractivity contribution in [2.45, 2.75) is 24.6 Å². The Hall–Kier alpha value is -3.57. The van der Waals surface area contributed by atoms with Crippen LogP contribution in [0.25, 0.3) is 11.1 Å². The maximum Gasteiger partial charge on any atom is 0.459 e. The number of hydrogen-bond donors (Lipinski definition) is 0. The molecule has 0 N–H and O–H groups in total. The van der Waals surface area contributed by atoms with Crippen molar-refractivity contribution in [3.63, 3.8) is 0 Å². The number of rotatable bonds is 4. The van der Waals surface area contributed by atoms with Gasteiger partial charge in [-0.05, 0) is 29.8 Å². The summed E-state index contributed by atoms with van der Waals surface area (Å²) in [6, 6.07) is 4.10. The van der Waals surface area contributed by atoms with Gasteiger partial charge < -0.3 is 0 Å². The molecule has 12 heteroatoms.